The van der Waals surface area contributed by atoms with E-state index >= 15 is 0 Å². The third-order valence-electron chi connectivity index (χ3n) is 3.36. The van der Waals surface area contributed by atoms with Gasteiger partial charge in [0, 0.05) is 16.7 Å². The second kappa shape index (κ2) is 6.11. The molecule has 0 unspecified atom stereocenters. The molecule has 1 aliphatic carbocycles. The highest BCUT2D eigenvalue weighted by molar-refractivity contribution is 9.10. The molecule has 6 heteroatoms. The average molecular weight is 337 g/mol. The van der Waals surface area contributed by atoms with Crippen molar-refractivity contribution in [3.63, 3.8) is 0 Å². The van der Waals surface area contributed by atoms with Crippen LogP contribution in [0.1, 0.15) is 44.1 Å². The van der Waals surface area contributed by atoms with Crippen molar-refractivity contribution in [3.05, 3.63) is 22.3 Å². The molecule has 0 bridgehead atoms. The first-order chi connectivity index (χ1) is 8.97. The van der Waals surface area contributed by atoms with Crippen molar-refractivity contribution in [1.29, 1.82) is 0 Å². The van der Waals surface area contributed by atoms with E-state index < -0.39 is 11.7 Å². The maximum atomic E-state index is 13.0. The maximum Gasteiger partial charge on any atom is 0.419 e. The van der Waals surface area contributed by atoms with Crippen molar-refractivity contribution in [1.82, 2.24) is 4.98 Å². The predicted molar refractivity (Wildman–Crippen MR) is 72.1 cm³/mol. The molecule has 106 valence electrons. The monoisotopic (exact) mass is 336 g/mol. The third kappa shape index (κ3) is 4.09. The summed E-state index contributed by atoms with van der Waals surface area (Å²) in [5.41, 5.74) is -0.703. The van der Waals surface area contributed by atoms with Crippen molar-refractivity contribution < 1.29 is 13.2 Å². The van der Waals surface area contributed by atoms with Gasteiger partial charge in [-0.3, -0.25) is 0 Å². The highest BCUT2D eigenvalue weighted by atomic mass is 79.9. The molecule has 1 saturated carbocycles. The Labute approximate surface area is 118 Å². The SMILES string of the molecule is FC(F)(F)c1cc(Br)cnc1NC1CCCCCC1. The highest BCUT2D eigenvalue weighted by Gasteiger charge is 2.35. The summed E-state index contributed by atoms with van der Waals surface area (Å²) in [4.78, 5) is 3.89. The van der Waals surface area contributed by atoms with Crippen LogP contribution in [0.15, 0.2) is 16.7 Å². The van der Waals surface area contributed by atoms with E-state index in [1.54, 1.807) is 0 Å². The molecule has 0 saturated heterocycles. The normalized spacial score (nSPS) is 18.1. The van der Waals surface area contributed by atoms with Crippen molar-refractivity contribution >= 4 is 21.7 Å². The minimum Gasteiger partial charge on any atom is -0.367 e. The molecule has 0 spiro atoms. The zero-order chi connectivity index (χ0) is 13.9. The van der Waals surface area contributed by atoms with Crippen LogP contribution < -0.4 is 5.32 Å². The van der Waals surface area contributed by atoms with Crippen LogP contribution in [-0.2, 0) is 6.18 Å². The number of nitrogens with one attached hydrogen (secondary N) is 1. The third-order valence-corrected chi connectivity index (χ3v) is 3.79. The molecule has 1 fully saturated rings. The van der Waals surface area contributed by atoms with Crippen LogP contribution in [0.5, 0.6) is 0 Å². The number of alkyl halides is 3. The average Bonchev–Trinajstić information content (AvgIpc) is 2.59. The molecule has 1 aromatic heterocycles. The molecule has 0 atom stereocenters. The van der Waals surface area contributed by atoms with Gasteiger partial charge in [-0.15, -0.1) is 0 Å². The minimum absolute atomic E-state index is 0.0531. The summed E-state index contributed by atoms with van der Waals surface area (Å²) < 4.78 is 39.2. The highest BCUT2D eigenvalue weighted by Crippen LogP contribution is 2.36. The Kier molecular flexibility index (Phi) is 4.71. The molecular weight excluding hydrogens is 321 g/mol. The zero-order valence-electron chi connectivity index (χ0n) is 10.4. The quantitative estimate of drug-likeness (QED) is 0.769. The Bertz CT molecular complexity index is 426. The van der Waals surface area contributed by atoms with Gasteiger partial charge in [0.15, 0.2) is 0 Å². The summed E-state index contributed by atoms with van der Waals surface area (Å²) in [6.07, 6.45) is 3.30. The van der Waals surface area contributed by atoms with Gasteiger partial charge >= 0.3 is 6.18 Å². The molecule has 0 radical (unpaired) electrons. The first kappa shape index (κ1) is 14.6. The largest absolute Gasteiger partial charge is 0.419 e. The first-order valence-corrected chi connectivity index (χ1v) is 7.25. The standard InChI is InChI=1S/C13H16BrF3N2/c14-9-7-11(13(15,16)17)12(18-8-9)19-10-5-3-1-2-4-6-10/h7-8,10H,1-6H2,(H,18,19). The van der Waals surface area contributed by atoms with Crippen LogP contribution in [0.25, 0.3) is 0 Å². The molecular formula is C13H16BrF3N2. The molecule has 1 heterocycles. The summed E-state index contributed by atoms with van der Waals surface area (Å²) in [6.45, 7) is 0. The Morgan fingerprint density at radius 2 is 1.79 bits per heavy atom. The van der Waals surface area contributed by atoms with E-state index in [0.717, 1.165) is 44.6 Å². The molecule has 1 aliphatic rings. The Morgan fingerprint density at radius 3 is 2.37 bits per heavy atom. The minimum atomic E-state index is -4.39. The molecule has 1 N–H and O–H groups in total. The van der Waals surface area contributed by atoms with Gasteiger partial charge in [0.05, 0.1) is 5.56 Å². The molecule has 1 aromatic rings. The number of hydrogen-bond acceptors (Lipinski definition) is 2. The van der Waals surface area contributed by atoms with Crippen molar-refractivity contribution in [2.75, 3.05) is 5.32 Å². The smallest absolute Gasteiger partial charge is 0.367 e. The number of rotatable bonds is 2. The maximum absolute atomic E-state index is 13.0. The number of halogens is 4. The van der Waals surface area contributed by atoms with Gasteiger partial charge in [-0.05, 0) is 34.8 Å². The zero-order valence-corrected chi connectivity index (χ0v) is 12.0. The topological polar surface area (TPSA) is 24.9 Å². The van der Waals surface area contributed by atoms with E-state index in [9.17, 15) is 13.2 Å². The number of pyridine rings is 1. The lowest BCUT2D eigenvalue weighted by atomic mass is 10.1. The molecule has 0 amide bonds. The van der Waals surface area contributed by atoms with Crippen molar-refractivity contribution in [2.24, 2.45) is 0 Å². The van der Waals surface area contributed by atoms with Crippen LogP contribution in [0.3, 0.4) is 0 Å². The lowest BCUT2D eigenvalue weighted by Gasteiger charge is -2.20. The predicted octanol–water partition coefficient (Wildman–Crippen LogP) is 5.00. The van der Waals surface area contributed by atoms with Crippen LogP contribution in [0.4, 0.5) is 19.0 Å². The molecule has 0 aromatic carbocycles. The molecule has 2 rings (SSSR count). The molecule has 19 heavy (non-hydrogen) atoms. The van der Waals surface area contributed by atoms with E-state index in [-0.39, 0.29) is 11.9 Å². The fourth-order valence-electron chi connectivity index (χ4n) is 2.39. The number of aromatic nitrogens is 1. The Balaban J connectivity index is 2.19. The Hall–Kier alpha value is -0.780. The summed E-state index contributed by atoms with van der Waals surface area (Å²) in [5.74, 6) is -0.0531. The van der Waals surface area contributed by atoms with Crippen LogP contribution in [0.2, 0.25) is 0 Å². The van der Waals surface area contributed by atoms with Gasteiger partial charge in [0.2, 0.25) is 0 Å². The number of nitrogens with zero attached hydrogens (tertiary/aromatic N) is 1. The van der Waals surface area contributed by atoms with Crippen molar-refractivity contribution in [3.8, 4) is 0 Å². The lowest BCUT2D eigenvalue weighted by Crippen LogP contribution is -2.22. The van der Waals surface area contributed by atoms with Gasteiger partial charge < -0.3 is 5.32 Å². The summed E-state index contributed by atoms with van der Waals surface area (Å²) in [5, 5.41) is 2.97. The van der Waals surface area contributed by atoms with Crippen LogP contribution in [-0.4, -0.2) is 11.0 Å². The van der Waals surface area contributed by atoms with Gasteiger partial charge in [-0.1, -0.05) is 25.7 Å². The van der Waals surface area contributed by atoms with Gasteiger partial charge in [-0.25, -0.2) is 4.98 Å². The molecule has 2 nitrogen and oxygen atoms in total. The van der Waals surface area contributed by atoms with Crippen molar-refractivity contribution in [2.45, 2.75) is 50.7 Å². The summed E-state index contributed by atoms with van der Waals surface area (Å²) >= 11 is 3.04. The van der Waals surface area contributed by atoms with Crippen LogP contribution in [0, 0.1) is 0 Å². The fraction of sp³-hybridized carbons (Fsp3) is 0.615. The van der Waals surface area contributed by atoms with Gasteiger partial charge in [0.1, 0.15) is 5.82 Å². The van der Waals surface area contributed by atoms with Crippen LogP contribution >= 0.6 is 15.9 Å². The van der Waals surface area contributed by atoms with Gasteiger partial charge in [0.25, 0.3) is 0 Å². The second-order valence-corrected chi connectivity index (χ2v) is 5.80. The van der Waals surface area contributed by atoms with Gasteiger partial charge in [-0.2, -0.15) is 13.2 Å². The second-order valence-electron chi connectivity index (χ2n) is 4.88. The van der Waals surface area contributed by atoms with E-state index in [4.69, 9.17) is 0 Å². The summed E-state index contributed by atoms with van der Waals surface area (Å²) in [7, 11) is 0. The number of anilines is 1. The fourth-order valence-corrected chi connectivity index (χ4v) is 2.72. The Morgan fingerprint density at radius 1 is 1.16 bits per heavy atom. The lowest BCUT2D eigenvalue weighted by molar-refractivity contribution is -0.137. The van der Waals surface area contributed by atoms with E-state index in [1.807, 2.05) is 0 Å². The molecule has 0 aliphatic heterocycles. The summed E-state index contributed by atoms with van der Waals surface area (Å²) in [6, 6.07) is 1.17. The van der Waals surface area contributed by atoms with E-state index in [1.165, 1.54) is 6.20 Å². The van der Waals surface area contributed by atoms with E-state index in [2.05, 4.69) is 26.2 Å². The number of hydrogen-bond donors (Lipinski definition) is 1. The van der Waals surface area contributed by atoms with E-state index in [0.29, 0.717) is 4.47 Å². The first-order valence-electron chi connectivity index (χ1n) is 6.46.